The molecule has 28 heavy (non-hydrogen) atoms. The second kappa shape index (κ2) is 8.64. The first-order valence-electron chi connectivity index (χ1n) is 9.24. The summed E-state index contributed by atoms with van der Waals surface area (Å²) >= 11 is 3.36. The third kappa shape index (κ3) is 4.74. The number of sulfonamides is 1. The number of hydrogen-bond donors (Lipinski definition) is 0. The molecule has 0 fully saturated rings. The van der Waals surface area contributed by atoms with Gasteiger partial charge in [0, 0.05) is 29.0 Å². The zero-order valence-corrected chi connectivity index (χ0v) is 18.7. The fraction of sp³-hybridized carbons (Fsp3) is 0.273. The average Bonchev–Trinajstić information content (AvgIpc) is 3.08. The molecule has 4 nitrogen and oxygen atoms in total. The van der Waals surface area contributed by atoms with Gasteiger partial charge in [-0.05, 0) is 62.7 Å². The summed E-state index contributed by atoms with van der Waals surface area (Å²) in [5.74, 6) is 0. The molecule has 0 amide bonds. The van der Waals surface area contributed by atoms with Crippen molar-refractivity contribution in [3.05, 3.63) is 88.2 Å². The monoisotopic (exact) mass is 460 g/mol. The molecule has 3 aromatic rings. The second-order valence-corrected chi connectivity index (χ2v) is 10.0. The van der Waals surface area contributed by atoms with E-state index in [0.717, 1.165) is 10.2 Å². The molecule has 0 aliphatic rings. The van der Waals surface area contributed by atoms with Crippen LogP contribution in [0.25, 0.3) is 0 Å². The minimum atomic E-state index is -3.59. The van der Waals surface area contributed by atoms with Gasteiger partial charge in [-0.1, -0.05) is 45.8 Å². The first-order chi connectivity index (χ1) is 13.3. The molecule has 0 radical (unpaired) electrons. The fourth-order valence-electron chi connectivity index (χ4n) is 3.08. The summed E-state index contributed by atoms with van der Waals surface area (Å²) < 4.78 is 31.0. The van der Waals surface area contributed by atoms with E-state index in [9.17, 15) is 8.42 Å². The molecular formula is C22H25BrN2O2S. The zero-order chi connectivity index (χ0) is 20.3. The standard InChI is InChI=1S/C22H25BrN2O2S/c1-17(2)25(28(26,27)22-12-10-20(23)11-13-22)16-21-5-4-14-24(21)15-19-8-6-18(3)7-9-19/h4-14,17H,15-16H2,1-3H3. The van der Waals surface area contributed by atoms with Crippen molar-refractivity contribution in [3.63, 3.8) is 0 Å². The topological polar surface area (TPSA) is 42.3 Å². The smallest absolute Gasteiger partial charge is 0.243 e. The van der Waals surface area contributed by atoms with Crippen LogP contribution < -0.4 is 0 Å². The molecule has 148 valence electrons. The van der Waals surface area contributed by atoms with Gasteiger partial charge in [-0.3, -0.25) is 0 Å². The first kappa shape index (κ1) is 20.8. The molecule has 0 saturated carbocycles. The molecule has 0 N–H and O–H groups in total. The van der Waals surface area contributed by atoms with E-state index in [1.165, 1.54) is 11.1 Å². The average molecular weight is 461 g/mol. The highest BCUT2D eigenvalue weighted by molar-refractivity contribution is 9.10. The minimum absolute atomic E-state index is 0.156. The van der Waals surface area contributed by atoms with Crippen molar-refractivity contribution in [2.45, 2.75) is 44.8 Å². The van der Waals surface area contributed by atoms with Gasteiger partial charge in [-0.25, -0.2) is 8.42 Å². The van der Waals surface area contributed by atoms with E-state index in [1.54, 1.807) is 28.6 Å². The number of halogens is 1. The van der Waals surface area contributed by atoms with Gasteiger partial charge < -0.3 is 4.57 Å². The molecule has 0 aliphatic carbocycles. The quantitative estimate of drug-likeness (QED) is 0.485. The summed E-state index contributed by atoms with van der Waals surface area (Å²) in [5.41, 5.74) is 3.38. The van der Waals surface area contributed by atoms with Crippen LogP contribution in [0.3, 0.4) is 0 Å². The predicted molar refractivity (Wildman–Crippen MR) is 117 cm³/mol. The van der Waals surface area contributed by atoms with Gasteiger partial charge >= 0.3 is 0 Å². The summed E-state index contributed by atoms with van der Waals surface area (Å²) in [6, 6.07) is 19.0. The van der Waals surface area contributed by atoms with E-state index in [-0.39, 0.29) is 6.04 Å². The van der Waals surface area contributed by atoms with E-state index < -0.39 is 10.0 Å². The normalized spacial score (nSPS) is 12.1. The largest absolute Gasteiger partial charge is 0.346 e. The Hall–Kier alpha value is -1.89. The Morgan fingerprint density at radius 2 is 1.64 bits per heavy atom. The molecule has 3 rings (SSSR count). The van der Waals surface area contributed by atoms with Gasteiger partial charge in [-0.2, -0.15) is 4.31 Å². The molecule has 2 aromatic carbocycles. The number of aryl methyl sites for hydroxylation is 1. The third-order valence-corrected chi connectivity index (χ3v) is 7.28. The summed E-state index contributed by atoms with van der Waals surface area (Å²) in [6.07, 6.45) is 2.00. The SMILES string of the molecule is Cc1ccc(Cn2cccc2CN(C(C)C)S(=O)(=O)c2ccc(Br)cc2)cc1. The molecule has 6 heteroatoms. The molecule has 0 unspecified atom stereocenters. The molecule has 0 saturated heterocycles. The number of rotatable bonds is 7. The van der Waals surface area contributed by atoms with Gasteiger partial charge in [0.15, 0.2) is 0 Å². The van der Waals surface area contributed by atoms with Crippen LogP contribution in [0.4, 0.5) is 0 Å². The highest BCUT2D eigenvalue weighted by atomic mass is 79.9. The Labute approximate surface area is 176 Å². The molecule has 1 aromatic heterocycles. The Balaban J connectivity index is 1.87. The van der Waals surface area contributed by atoms with Crippen LogP contribution in [0, 0.1) is 6.92 Å². The van der Waals surface area contributed by atoms with Crippen molar-refractivity contribution < 1.29 is 8.42 Å². The summed E-state index contributed by atoms with van der Waals surface area (Å²) in [4.78, 5) is 0.307. The highest BCUT2D eigenvalue weighted by Crippen LogP contribution is 2.23. The Morgan fingerprint density at radius 1 is 1.00 bits per heavy atom. The van der Waals surface area contributed by atoms with Gasteiger partial charge in [0.05, 0.1) is 11.4 Å². The van der Waals surface area contributed by atoms with Crippen molar-refractivity contribution in [1.82, 2.24) is 8.87 Å². The maximum Gasteiger partial charge on any atom is 0.243 e. The van der Waals surface area contributed by atoms with Gasteiger partial charge in [0.1, 0.15) is 0 Å². The van der Waals surface area contributed by atoms with Crippen LogP contribution in [0.2, 0.25) is 0 Å². The lowest BCUT2D eigenvalue weighted by atomic mass is 10.1. The number of hydrogen-bond acceptors (Lipinski definition) is 2. The second-order valence-electron chi connectivity index (χ2n) is 7.21. The van der Waals surface area contributed by atoms with Gasteiger partial charge in [-0.15, -0.1) is 0 Å². The van der Waals surface area contributed by atoms with Crippen molar-refractivity contribution >= 4 is 26.0 Å². The van der Waals surface area contributed by atoms with Crippen LogP contribution >= 0.6 is 15.9 Å². The highest BCUT2D eigenvalue weighted by Gasteiger charge is 2.28. The maximum atomic E-state index is 13.2. The van der Waals surface area contributed by atoms with E-state index in [2.05, 4.69) is 51.7 Å². The molecule has 0 spiro atoms. The first-order valence-corrected chi connectivity index (χ1v) is 11.5. The van der Waals surface area contributed by atoms with Crippen LogP contribution in [0.1, 0.15) is 30.7 Å². The van der Waals surface area contributed by atoms with Crippen LogP contribution in [-0.2, 0) is 23.1 Å². The van der Waals surface area contributed by atoms with Gasteiger partial charge in [0.2, 0.25) is 10.0 Å². The molecular weight excluding hydrogens is 436 g/mol. The summed E-state index contributed by atoms with van der Waals surface area (Å²) in [5, 5.41) is 0. The lowest BCUT2D eigenvalue weighted by molar-refractivity contribution is 0.340. The summed E-state index contributed by atoms with van der Waals surface area (Å²) in [6.45, 7) is 6.92. The van der Waals surface area contributed by atoms with E-state index >= 15 is 0 Å². The van der Waals surface area contributed by atoms with Gasteiger partial charge in [0.25, 0.3) is 0 Å². The van der Waals surface area contributed by atoms with E-state index in [0.29, 0.717) is 18.0 Å². The lowest BCUT2D eigenvalue weighted by Gasteiger charge is -2.26. The molecule has 0 bridgehead atoms. The van der Waals surface area contributed by atoms with Crippen LogP contribution in [-0.4, -0.2) is 23.3 Å². The van der Waals surface area contributed by atoms with Crippen molar-refractivity contribution in [3.8, 4) is 0 Å². The van der Waals surface area contributed by atoms with E-state index in [4.69, 9.17) is 0 Å². The summed E-state index contributed by atoms with van der Waals surface area (Å²) in [7, 11) is -3.59. The van der Waals surface area contributed by atoms with Crippen molar-refractivity contribution in [2.24, 2.45) is 0 Å². The van der Waals surface area contributed by atoms with Crippen LogP contribution in [0.5, 0.6) is 0 Å². The molecule has 0 aliphatic heterocycles. The third-order valence-electron chi connectivity index (χ3n) is 4.71. The zero-order valence-electron chi connectivity index (χ0n) is 16.3. The number of aromatic nitrogens is 1. The lowest BCUT2D eigenvalue weighted by Crippen LogP contribution is -2.37. The predicted octanol–water partition coefficient (Wildman–Crippen LogP) is 5.21. The van der Waals surface area contributed by atoms with Crippen LogP contribution in [0.15, 0.2) is 76.2 Å². The number of nitrogens with zero attached hydrogens (tertiary/aromatic N) is 2. The molecule has 1 heterocycles. The van der Waals surface area contributed by atoms with Crippen molar-refractivity contribution in [2.75, 3.05) is 0 Å². The van der Waals surface area contributed by atoms with E-state index in [1.807, 2.05) is 32.2 Å². The Morgan fingerprint density at radius 3 is 2.25 bits per heavy atom. The number of benzene rings is 2. The fourth-order valence-corrected chi connectivity index (χ4v) is 4.96. The molecule has 0 atom stereocenters. The minimum Gasteiger partial charge on any atom is -0.346 e. The Bertz CT molecular complexity index is 1020. The van der Waals surface area contributed by atoms with Crippen molar-refractivity contribution in [1.29, 1.82) is 0 Å². The maximum absolute atomic E-state index is 13.2. The Kier molecular flexibility index (Phi) is 6.43.